The first-order valence-corrected chi connectivity index (χ1v) is 7.20. The highest BCUT2D eigenvalue weighted by Crippen LogP contribution is 2.47. The van der Waals surface area contributed by atoms with Crippen LogP contribution in [0.25, 0.3) is 0 Å². The molecule has 2 heterocycles. The van der Waals surface area contributed by atoms with Crippen molar-refractivity contribution in [3.05, 3.63) is 46.1 Å². The van der Waals surface area contributed by atoms with E-state index in [0.29, 0.717) is 0 Å². The van der Waals surface area contributed by atoms with E-state index < -0.39 is 0 Å². The lowest BCUT2D eigenvalue weighted by Gasteiger charge is -2.11. The average molecular weight is 307 g/mol. The Morgan fingerprint density at radius 2 is 2.39 bits per heavy atom. The molecule has 1 saturated heterocycles. The third-order valence-corrected chi connectivity index (χ3v) is 3.83. The highest BCUT2D eigenvalue weighted by molar-refractivity contribution is 9.11. The van der Waals surface area contributed by atoms with Gasteiger partial charge in [-0.25, -0.2) is 0 Å². The number of benzene rings is 1. The van der Waals surface area contributed by atoms with Crippen molar-refractivity contribution < 1.29 is 9.47 Å². The normalized spacial score (nSPS) is 28.0. The van der Waals surface area contributed by atoms with Crippen LogP contribution in [0.2, 0.25) is 0 Å². The Balaban J connectivity index is 1.90. The molecular weight excluding hydrogens is 292 g/mol. The summed E-state index contributed by atoms with van der Waals surface area (Å²) in [5, 5.41) is 0. The quantitative estimate of drug-likeness (QED) is 0.771. The molecule has 2 nitrogen and oxygen atoms in total. The fourth-order valence-electron chi connectivity index (χ4n) is 2.79. The maximum absolute atomic E-state index is 6.07. The van der Waals surface area contributed by atoms with Crippen molar-refractivity contribution in [2.75, 3.05) is 0 Å². The van der Waals surface area contributed by atoms with Crippen LogP contribution in [0.5, 0.6) is 5.75 Å². The number of hydrogen-bond acceptors (Lipinski definition) is 2. The second kappa shape index (κ2) is 4.93. The van der Waals surface area contributed by atoms with Crippen LogP contribution in [-0.2, 0) is 11.2 Å². The third-order valence-electron chi connectivity index (χ3n) is 3.57. The number of fused-ring (bicyclic) bond motifs is 3. The molecule has 1 fully saturated rings. The van der Waals surface area contributed by atoms with Crippen LogP contribution in [0.15, 0.2) is 35.0 Å². The first-order chi connectivity index (χ1) is 8.83. The van der Waals surface area contributed by atoms with Crippen molar-refractivity contribution in [2.24, 2.45) is 0 Å². The Bertz CT molecular complexity index is 517. The van der Waals surface area contributed by atoms with Crippen LogP contribution in [0.1, 0.15) is 30.6 Å². The van der Waals surface area contributed by atoms with Gasteiger partial charge in [0.25, 0.3) is 0 Å². The van der Waals surface area contributed by atoms with Gasteiger partial charge in [0.1, 0.15) is 18.0 Å². The Labute approximate surface area is 115 Å². The van der Waals surface area contributed by atoms with Gasteiger partial charge in [0.2, 0.25) is 0 Å². The maximum Gasteiger partial charge on any atom is 0.132 e. The fourth-order valence-corrected chi connectivity index (χ4v) is 2.94. The molecule has 0 aliphatic carbocycles. The minimum absolute atomic E-state index is 0.0922. The van der Waals surface area contributed by atoms with Gasteiger partial charge in [-0.05, 0) is 24.1 Å². The molecule has 0 aromatic heterocycles. The van der Waals surface area contributed by atoms with Crippen LogP contribution in [0, 0.1) is 0 Å². The molecule has 3 atom stereocenters. The summed E-state index contributed by atoms with van der Waals surface area (Å²) in [5.74, 6) is 1.00. The third kappa shape index (κ3) is 1.93. The zero-order valence-electron chi connectivity index (χ0n) is 10.2. The van der Waals surface area contributed by atoms with Gasteiger partial charge in [-0.15, -0.1) is 5.73 Å². The van der Waals surface area contributed by atoms with Crippen molar-refractivity contribution >= 4 is 15.9 Å². The highest BCUT2D eigenvalue weighted by Gasteiger charge is 2.44. The number of aryl methyl sites for hydroxylation is 1. The summed E-state index contributed by atoms with van der Waals surface area (Å²) in [6.45, 7) is 2.17. The zero-order valence-corrected chi connectivity index (χ0v) is 11.8. The molecule has 2 aliphatic heterocycles. The summed E-state index contributed by atoms with van der Waals surface area (Å²) in [6, 6.07) is 6.26. The molecule has 0 unspecified atom stereocenters. The standard InChI is InChI=1S/C15H15BrO2/c1-2-10-5-3-7-12-14(10)15-13(18-12)9-11(17-15)6-4-8-16/h3,5-8,11,13,15H,2,9H2,1H3/t4?,11-,13-,15+/m1/s1. The number of rotatable bonds is 2. The van der Waals surface area contributed by atoms with Crippen LogP contribution in [0.3, 0.4) is 0 Å². The van der Waals surface area contributed by atoms with Crippen molar-refractivity contribution in [3.63, 3.8) is 0 Å². The predicted molar refractivity (Wildman–Crippen MR) is 74.0 cm³/mol. The zero-order chi connectivity index (χ0) is 12.5. The van der Waals surface area contributed by atoms with E-state index in [-0.39, 0.29) is 18.3 Å². The van der Waals surface area contributed by atoms with Gasteiger partial charge in [0.15, 0.2) is 0 Å². The Morgan fingerprint density at radius 3 is 3.17 bits per heavy atom. The van der Waals surface area contributed by atoms with Crippen LogP contribution < -0.4 is 4.74 Å². The van der Waals surface area contributed by atoms with E-state index in [1.54, 1.807) is 4.99 Å². The van der Waals surface area contributed by atoms with Gasteiger partial charge in [-0.2, -0.15) is 0 Å². The Hall–Kier alpha value is -1.02. The van der Waals surface area contributed by atoms with E-state index in [0.717, 1.165) is 18.6 Å². The summed E-state index contributed by atoms with van der Waals surface area (Å²) >= 11 is 3.21. The molecule has 0 N–H and O–H groups in total. The summed E-state index contributed by atoms with van der Waals surface area (Å²) in [7, 11) is 0. The monoisotopic (exact) mass is 306 g/mol. The minimum atomic E-state index is 0.0922. The van der Waals surface area contributed by atoms with E-state index >= 15 is 0 Å². The lowest BCUT2D eigenvalue weighted by atomic mass is 9.98. The van der Waals surface area contributed by atoms with Gasteiger partial charge in [0, 0.05) is 17.0 Å². The molecule has 0 spiro atoms. The van der Waals surface area contributed by atoms with Crippen molar-refractivity contribution in [1.29, 1.82) is 0 Å². The van der Waals surface area contributed by atoms with Gasteiger partial charge in [0.05, 0.1) is 6.10 Å². The topological polar surface area (TPSA) is 18.5 Å². The van der Waals surface area contributed by atoms with E-state index in [2.05, 4.69) is 40.7 Å². The SMILES string of the molecule is CCc1cccc2c1[C@H]1O[C@H](C=C=CBr)C[C@H]1O2. The average Bonchev–Trinajstić information content (AvgIpc) is 2.92. The number of hydrogen-bond donors (Lipinski definition) is 0. The minimum Gasteiger partial charge on any atom is -0.487 e. The van der Waals surface area contributed by atoms with Gasteiger partial charge >= 0.3 is 0 Å². The molecule has 3 rings (SSSR count). The molecule has 0 bridgehead atoms. The second-order valence-corrected chi connectivity index (χ2v) is 5.07. The summed E-state index contributed by atoms with van der Waals surface area (Å²) in [6.07, 6.45) is 4.22. The molecule has 0 radical (unpaired) electrons. The van der Waals surface area contributed by atoms with Gasteiger partial charge < -0.3 is 9.47 Å². The molecule has 0 amide bonds. The van der Waals surface area contributed by atoms with Crippen LogP contribution in [-0.4, -0.2) is 12.2 Å². The van der Waals surface area contributed by atoms with Crippen molar-refractivity contribution in [2.45, 2.75) is 38.1 Å². The van der Waals surface area contributed by atoms with E-state index in [1.165, 1.54) is 11.1 Å². The van der Waals surface area contributed by atoms with E-state index in [4.69, 9.17) is 9.47 Å². The molecule has 1 aromatic rings. The highest BCUT2D eigenvalue weighted by atomic mass is 79.9. The number of halogens is 1. The Morgan fingerprint density at radius 1 is 1.50 bits per heavy atom. The van der Waals surface area contributed by atoms with Crippen LogP contribution in [0.4, 0.5) is 0 Å². The molecule has 3 heteroatoms. The lowest BCUT2D eigenvalue weighted by Crippen LogP contribution is -2.12. The first-order valence-electron chi connectivity index (χ1n) is 6.28. The fraction of sp³-hybridized carbons (Fsp3) is 0.400. The second-order valence-electron chi connectivity index (χ2n) is 4.61. The van der Waals surface area contributed by atoms with E-state index in [9.17, 15) is 0 Å². The molecule has 94 valence electrons. The van der Waals surface area contributed by atoms with E-state index in [1.807, 2.05) is 12.1 Å². The number of ether oxygens (including phenoxy) is 2. The van der Waals surface area contributed by atoms with Crippen molar-refractivity contribution in [1.82, 2.24) is 0 Å². The van der Waals surface area contributed by atoms with Crippen LogP contribution >= 0.6 is 15.9 Å². The van der Waals surface area contributed by atoms with Gasteiger partial charge in [-0.1, -0.05) is 35.0 Å². The first kappa shape index (κ1) is 12.0. The summed E-state index contributed by atoms with van der Waals surface area (Å²) in [4.78, 5) is 1.72. The largest absolute Gasteiger partial charge is 0.487 e. The van der Waals surface area contributed by atoms with Gasteiger partial charge in [-0.3, -0.25) is 0 Å². The molecule has 18 heavy (non-hydrogen) atoms. The molecule has 1 aromatic carbocycles. The predicted octanol–water partition coefficient (Wildman–Crippen LogP) is 3.90. The maximum atomic E-state index is 6.07. The van der Waals surface area contributed by atoms with Crippen molar-refractivity contribution in [3.8, 4) is 5.75 Å². The summed E-state index contributed by atoms with van der Waals surface area (Å²) in [5.41, 5.74) is 5.61. The molecule has 0 saturated carbocycles. The molecular formula is C15H15BrO2. The summed E-state index contributed by atoms with van der Waals surface area (Å²) < 4.78 is 12.1. The Kier molecular flexibility index (Phi) is 3.29. The molecule has 2 aliphatic rings. The smallest absolute Gasteiger partial charge is 0.132 e. The lowest BCUT2D eigenvalue weighted by molar-refractivity contribution is 0.0519.